The van der Waals surface area contributed by atoms with Crippen molar-refractivity contribution in [2.24, 2.45) is 0 Å². The SMILES string of the molecule is O=C(C(F)(F)C(F)(F)C(=O)C(F)(C(F)(F)F)C(F)(F)C(OF)=C(F)F)C(F)(F)C(F)(F)C(F)(F)F. The first-order valence-electron chi connectivity index (χ1n) is 7.11. The van der Waals surface area contributed by atoms with Crippen LogP contribution in [0, 0.1) is 0 Å². The number of halogens is 20. The van der Waals surface area contributed by atoms with Crippen LogP contribution in [0.15, 0.2) is 11.8 Å². The van der Waals surface area contributed by atoms with Crippen molar-refractivity contribution in [3.63, 3.8) is 0 Å². The van der Waals surface area contributed by atoms with Gasteiger partial charge < -0.3 is 0 Å². The van der Waals surface area contributed by atoms with E-state index < -0.39 is 71.0 Å². The lowest BCUT2D eigenvalue weighted by molar-refractivity contribution is -0.349. The predicted octanol–water partition coefficient (Wildman–Crippen LogP) is 6.14. The Bertz CT molecular complexity index is 875. The zero-order chi connectivity index (χ0) is 29.0. The quantitative estimate of drug-likeness (QED) is 0.246. The van der Waals surface area contributed by atoms with Crippen LogP contribution in [0.3, 0.4) is 0 Å². The van der Waals surface area contributed by atoms with E-state index in [-0.39, 0.29) is 0 Å². The van der Waals surface area contributed by atoms with Gasteiger partial charge >= 0.3 is 53.7 Å². The standard InChI is InChI=1S/C12F20O3/c13-2(14)1(35-32)6(16,17)5(15,11(26,27)28)3(33)7(18,19)8(20,21)4(34)9(22,23)10(24,25)12(29,30)31. The molecule has 0 heterocycles. The fourth-order valence-electron chi connectivity index (χ4n) is 1.82. The maximum atomic E-state index is 14.0. The Morgan fingerprint density at radius 2 is 0.829 bits per heavy atom. The highest BCUT2D eigenvalue weighted by atomic mass is 19.4. The lowest BCUT2D eigenvalue weighted by Crippen LogP contribution is -2.71. The zero-order valence-electron chi connectivity index (χ0n) is 14.8. The predicted molar refractivity (Wildman–Crippen MR) is 62.1 cm³/mol. The maximum Gasteiger partial charge on any atom is 0.460 e. The van der Waals surface area contributed by atoms with Gasteiger partial charge in [-0.2, -0.15) is 79.0 Å². The molecule has 206 valence electrons. The van der Waals surface area contributed by atoms with Crippen molar-refractivity contribution in [3.05, 3.63) is 11.8 Å². The second kappa shape index (κ2) is 8.55. The average Bonchev–Trinajstić information content (AvgIpc) is 2.63. The topological polar surface area (TPSA) is 43.4 Å². The lowest BCUT2D eigenvalue weighted by Gasteiger charge is -2.37. The molecule has 1 unspecified atom stereocenters. The Morgan fingerprint density at radius 1 is 0.486 bits per heavy atom. The summed E-state index contributed by atoms with van der Waals surface area (Å²) in [6.07, 6.45) is -20.5. The summed E-state index contributed by atoms with van der Waals surface area (Å²) in [5, 5.41) is 0. The van der Waals surface area contributed by atoms with Crippen LogP contribution < -0.4 is 0 Å². The molecule has 1 atom stereocenters. The molecule has 0 aromatic rings. The molecule has 23 heteroatoms. The van der Waals surface area contributed by atoms with Crippen LogP contribution in [0.1, 0.15) is 0 Å². The van der Waals surface area contributed by atoms with Crippen molar-refractivity contribution in [3.8, 4) is 0 Å². The third-order valence-corrected chi connectivity index (χ3v) is 3.67. The number of carbonyl (C=O) groups is 2. The normalized spacial score (nSPS) is 16.5. The van der Waals surface area contributed by atoms with Gasteiger partial charge in [0.2, 0.25) is 0 Å². The molecule has 0 aliphatic rings. The van der Waals surface area contributed by atoms with Crippen LogP contribution in [0.25, 0.3) is 0 Å². The van der Waals surface area contributed by atoms with Gasteiger partial charge in [-0.25, -0.2) is 4.39 Å². The van der Waals surface area contributed by atoms with Gasteiger partial charge in [-0.15, -0.1) is 0 Å². The van der Waals surface area contributed by atoms with Crippen LogP contribution in [0.5, 0.6) is 0 Å². The minimum Gasteiger partial charge on any atom is -0.288 e. The number of carbonyl (C=O) groups excluding carboxylic acids is 2. The molecule has 0 aromatic heterocycles. The van der Waals surface area contributed by atoms with Crippen LogP contribution in [-0.4, -0.2) is 59.2 Å². The van der Waals surface area contributed by atoms with E-state index in [0.29, 0.717) is 0 Å². The first kappa shape index (κ1) is 32.5. The average molecular weight is 572 g/mol. The maximum absolute atomic E-state index is 14.0. The molecule has 3 nitrogen and oxygen atoms in total. The van der Waals surface area contributed by atoms with Crippen LogP contribution in [0.4, 0.5) is 87.9 Å². The summed E-state index contributed by atoms with van der Waals surface area (Å²) in [6.45, 7) is 0. The monoisotopic (exact) mass is 572 g/mol. The Labute approximate surface area is 175 Å². The van der Waals surface area contributed by atoms with Gasteiger partial charge in [0.1, 0.15) is 0 Å². The summed E-state index contributed by atoms with van der Waals surface area (Å²) < 4.78 is 257. The molecular formula is C12F20O3. The summed E-state index contributed by atoms with van der Waals surface area (Å²) in [5.74, 6) is -56.9. The van der Waals surface area contributed by atoms with Gasteiger partial charge in [0.25, 0.3) is 17.3 Å². The Hall–Kier alpha value is -2.52. The Morgan fingerprint density at radius 3 is 1.09 bits per heavy atom. The van der Waals surface area contributed by atoms with E-state index in [1.165, 1.54) is 4.94 Å². The number of allylic oxidation sites excluding steroid dienone is 1. The molecule has 35 heavy (non-hydrogen) atoms. The van der Waals surface area contributed by atoms with Crippen LogP contribution in [-0.2, 0) is 14.5 Å². The highest BCUT2D eigenvalue weighted by Gasteiger charge is 2.88. The highest BCUT2D eigenvalue weighted by molar-refractivity contribution is 6.04. The molecule has 0 saturated carbocycles. The largest absolute Gasteiger partial charge is 0.460 e. The van der Waals surface area contributed by atoms with Gasteiger partial charge in [-0.05, 0) is 0 Å². The summed E-state index contributed by atoms with van der Waals surface area (Å²) >= 11 is 0. The highest BCUT2D eigenvalue weighted by Crippen LogP contribution is 2.56. The van der Waals surface area contributed by atoms with Gasteiger partial charge in [0, 0.05) is 4.53 Å². The molecule has 0 amide bonds. The number of hydrogen-bond donors (Lipinski definition) is 0. The van der Waals surface area contributed by atoms with E-state index in [0.717, 1.165) is 0 Å². The Kier molecular flexibility index (Phi) is 7.94. The van der Waals surface area contributed by atoms with Crippen molar-refractivity contribution >= 4 is 11.6 Å². The molecule has 0 aliphatic heterocycles. The second-order valence-corrected chi connectivity index (χ2v) is 5.85. The number of ketones is 2. The first-order chi connectivity index (χ1) is 15.0. The summed E-state index contributed by atoms with van der Waals surface area (Å²) in [5.41, 5.74) is -8.25. The molecule has 0 bridgehead atoms. The smallest absolute Gasteiger partial charge is 0.288 e. The minimum absolute atomic E-state index is 1.39. The number of alkyl halides is 17. The summed E-state index contributed by atoms with van der Waals surface area (Å²) in [4.78, 5) is 23.2. The van der Waals surface area contributed by atoms with Gasteiger partial charge in [0.15, 0.2) is 0 Å². The van der Waals surface area contributed by atoms with Gasteiger partial charge in [-0.3, -0.25) is 14.5 Å². The molecule has 0 N–H and O–H groups in total. The molecule has 0 fully saturated rings. The van der Waals surface area contributed by atoms with Crippen molar-refractivity contribution in [2.45, 2.75) is 47.6 Å². The van der Waals surface area contributed by atoms with Gasteiger partial charge in [-0.1, -0.05) is 0 Å². The number of hydrogen-bond acceptors (Lipinski definition) is 3. The molecule has 0 spiro atoms. The third kappa shape index (κ3) is 4.44. The summed E-state index contributed by atoms with van der Waals surface area (Å²) in [6, 6.07) is 0. The van der Waals surface area contributed by atoms with Crippen molar-refractivity contribution in [1.29, 1.82) is 0 Å². The first-order valence-corrected chi connectivity index (χ1v) is 7.11. The van der Waals surface area contributed by atoms with E-state index in [4.69, 9.17) is 0 Å². The number of Topliss-reactive ketones (excluding diaryl/α,β-unsaturated/α-hetero) is 2. The number of rotatable bonds is 9. The minimum atomic E-state index is -8.38. The molecule has 0 radical (unpaired) electrons. The fourth-order valence-corrected chi connectivity index (χ4v) is 1.82. The van der Waals surface area contributed by atoms with Crippen molar-refractivity contribution < 1.29 is 102 Å². The van der Waals surface area contributed by atoms with Crippen molar-refractivity contribution in [2.75, 3.05) is 0 Å². The molecule has 0 saturated heterocycles. The van der Waals surface area contributed by atoms with E-state index in [2.05, 4.69) is 0 Å². The van der Waals surface area contributed by atoms with E-state index in [1.807, 2.05) is 0 Å². The molecule has 0 aromatic carbocycles. The van der Waals surface area contributed by atoms with E-state index in [9.17, 15) is 97.5 Å². The molecule has 0 rings (SSSR count). The van der Waals surface area contributed by atoms with Gasteiger partial charge in [0.05, 0.1) is 0 Å². The Balaban J connectivity index is 7.18. The fraction of sp³-hybridized carbons (Fsp3) is 0.667. The lowest BCUT2D eigenvalue weighted by atomic mass is 9.83. The summed E-state index contributed by atoms with van der Waals surface area (Å²) in [7, 11) is 0. The zero-order valence-corrected chi connectivity index (χ0v) is 14.8. The van der Waals surface area contributed by atoms with Crippen molar-refractivity contribution in [1.82, 2.24) is 0 Å². The van der Waals surface area contributed by atoms with E-state index in [1.54, 1.807) is 0 Å². The molecule has 0 aliphatic carbocycles. The van der Waals surface area contributed by atoms with Crippen LogP contribution in [0.2, 0.25) is 0 Å². The third-order valence-electron chi connectivity index (χ3n) is 3.67. The van der Waals surface area contributed by atoms with E-state index >= 15 is 0 Å². The second-order valence-electron chi connectivity index (χ2n) is 5.85. The molecular weight excluding hydrogens is 572 g/mol. The van der Waals surface area contributed by atoms with Crippen LogP contribution >= 0.6 is 0 Å².